The van der Waals surface area contributed by atoms with Crippen LogP contribution >= 0.6 is 0 Å². The molecule has 1 unspecified atom stereocenters. The summed E-state index contributed by atoms with van der Waals surface area (Å²) in [4.78, 5) is 0. The molecule has 0 amide bonds. The Balaban J connectivity index is 1.49. The average molecular weight is 401 g/mol. The number of aliphatic hydroxyl groups excluding tert-OH is 2. The van der Waals surface area contributed by atoms with Crippen LogP contribution in [-0.2, 0) is 0 Å². The molecule has 4 aliphatic rings. The van der Waals surface area contributed by atoms with Crippen molar-refractivity contribution in [2.75, 3.05) is 0 Å². The Morgan fingerprint density at radius 3 is 2.62 bits per heavy atom. The number of aliphatic hydroxyl groups is 2. The van der Waals surface area contributed by atoms with Crippen LogP contribution < -0.4 is 0 Å². The zero-order chi connectivity index (χ0) is 21.0. The van der Waals surface area contributed by atoms with Crippen LogP contribution in [0, 0.1) is 40.4 Å². The zero-order valence-corrected chi connectivity index (χ0v) is 19.3. The van der Waals surface area contributed by atoms with Gasteiger partial charge in [-0.05, 0) is 112 Å². The second kappa shape index (κ2) is 7.83. The molecule has 2 N–H and O–H groups in total. The van der Waals surface area contributed by atoms with Crippen molar-refractivity contribution in [1.82, 2.24) is 0 Å². The van der Waals surface area contributed by atoms with Crippen molar-refractivity contribution in [2.45, 2.75) is 104 Å². The van der Waals surface area contributed by atoms with Gasteiger partial charge in [-0.3, -0.25) is 0 Å². The minimum Gasteiger partial charge on any atom is -0.393 e. The molecule has 0 aromatic heterocycles. The van der Waals surface area contributed by atoms with Crippen molar-refractivity contribution in [3.8, 4) is 0 Å². The second-order valence-electron chi connectivity index (χ2n) is 11.8. The van der Waals surface area contributed by atoms with E-state index in [9.17, 15) is 10.2 Å². The Morgan fingerprint density at radius 1 is 1.14 bits per heavy atom. The van der Waals surface area contributed by atoms with Gasteiger partial charge in [0.05, 0.1) is 12.2 Å². The van der Waals surface area contributed by atoms with Crippen molar-refractivity contribution in [1.29, 1.82) is 0 Å². The molecule has 2 nitrogen and oxygen atoms in total. The van der Waals surface area contributed by atoms with Gasteiger partial charge in [0.1, 0.15) is 0 Å². The summed E-state index contributed by atoms with van der Waals surface area (Å²) in [6.07, 6.45) is 14.0. The zero-order valence-electron chi connectivity index (χ0n) is 19.3. The van der Waals surface area contributed by atoms with Crippen molar-refractivity contribution >= 4 is 0 Å². The molecule has 3 saturated carbocycles. The van der Waals surface area contributed by atoms with Gasteiger partial charge in [-0.1, -0.05) is 44.6 Å². The first-order chi connectivity index (χ1) is 13.7. The molecule has 29 heavy (non-hydrogen) atoms. The second-order valence-corrected chi connectivity index (χ2v) is 11.8. The SMILES string of the molecule is C=C(C)C(O)CC[C@@H](C)[C@H]1CC[C@H]2[C@@H]3CC=C4C[C@@H](O)CC[C@]4(C)[C@H]3CC[C@]12C. The third-order valence-corrected chi connectivity index (χ3v) is 10.3. The van der Waals surface area contributed by atoms with Gasteiger partial charge in [-0.15, -0.1) is 0 Å². The van der Waals surface area contributed by atoms with Crippen LogP contribution in [0.3, 0.4) is 0 Å². The van der Waals surface area contributed by atoms with Crippen LogP contribution in [0.2, 0.25) is 0 Å². The highest BCUT2D eigenvalue weighted by Crippen LogP contribution is 2.67. The minimum absolute atomic E-state index is 0.106. The third-order valence-electron chi connectivity index (χ3n) is 10.3. The maximum atomic E-state index is 10.2. The van der Waals surface area contributed by atoms with Crippen LogP contribution in [0.15, 0.2) is 23.8 Å². The molecule has 0 saturated heterocycles. The number of hydrogen-bond acceptors (Lipinski definition) is 2. The van der Waals surface area contributed by atoms with E-state index < -0.39 is 0 Å². The molecular formula is C27H44O2. The number of hydrogen-bond donors (Lipinski definition) is 2. The molecule has 164 valence electrons. The predicted molar refractivity (Wildman–Crippen MR) is 120 cm³/mol. The van der Waals surface area contributed by atoms with E-state index in [2.05, 4.69) is 33.4 Å². The molecule has 0 heterocycles. The third kappa shape index (κ3) is 3.57. The summed E-state index contributed by atoms with van der Waals surface area (Å²) in [6.45, 7) is 13.5. The summed E-state index contributed by atoms with van der Waals surface area (Å²) in [5.74, 6) is 4.02. The van der Waals surface area contributed by atoms with Crippen LogP contribution in [0.25, 0.3) is 0 Å². The number of fused-ring (bicyclic) bond motifs is 5. The van der Waals surface area contributed by atoms with Crippen LogP contribution in [0.5, 0.6) is 0 Å². The lowest BCUT2D eigenvalue weighted by Gasteiger charge is -2.58. The first-order valence-electron chi connectivity index (χ1n) is 12.4. The molecule has 0 bridgehead atoms. The monoisotopic (exact) mass is 400 g/mol. The maximum Gasteiger partial charge on any atom is 0.0744 e. The molecule has 3 fully saturated rings. The van der Waals surface area contributed by atoms with Gasteiger partial charge in [0.15, 0.2) is 0 Å². The Bertz CT molecular complexity index is 665. The summed E-state index contributed by atoms with van der Waals surface area (Å²) >= 11 is 0. The normalized spacial score (nSPS) is 46.1. The number of rotatable bonds is 5. The quantitative estimate of drug-likeness (QED) is 0.533. The first kappa shape index (κ1) is 21.6. The van der Waals surface area contributed by atoms with Gasteiger partial charge in [-0.25, -0.2) is 0 Å². The lowest BCUT2D eigenvalue weighted by atomic mass is 9.47. The highest BCUT2D eigenvalue weighted by atomic mass is 16.3. The van der Waals surface area contributed by atoms with E-state index in [0.29, 0.717) is 16.7 Å². The maximum absolute atomic E-state index is 10.2. The minimum atomic E-state index is -0.332. The molecule has 0 aliphatic heterocycles. The fourth-order valence-electron chi connectivity index (χ4n) is 8.49. The number of allylic oxidation sites excluding steroid dienone is 1. The smallest absolute Gasteiger partial charge is 0.0744 e. The first-order valence-corrected chi connectivity index (χ1v) is 12.4. The van der Waals surface area contributed by atoms with E-state index in [1.165, 1.54) is 38.5 Å². The predicted octanol–water partition coefficient (Wildman–Crippen LogP) is 6.28. The van der Waals surface area contributed by atoms with Gasteiger partial charge in [-0.2, -0.15) is 0 Å². The Kier molecular flexibility index (Phi) is 5.84. The molecule has 2 heteroatoms. The van der Waals surface area contributed by atoms with Gasteiger partial charge in [0.25, 0.3) is 0 Å². The molecular weight excluding hydrogens is 356 g/mol. The van der Waals surface area contributed by atoms with E-state index in [1.54, 1.807) is 5.57 Å². The van der Waals surface area contributed by atoms with Crippen LogP contribution in [0.1, 0.15) is 91.9 Å². The van der Waals surface area contributed by atoms with Gasteiger partial charge < -0.3 is 10.2 Å². The topological polar surface area (TPSA) is 40.5 Å². The summed E-state index contributed by atoms with van der Waals surface area (Å²) in [6, 6.07) is 0. The summed E-state index contributed by atoms with van der Waals surface area (Å²) in [5, 5.41) is 20.4. The van der Waals surface area contributed by atoms with Crippen molar-refractivity contribution < 1.29 is 10.2 Å². The van der Waals surface area contributed by atoms with Gasteiger partial charge in [0.2, 0.25) is 0 Å². The van der Waals surface area contributed by atoms with Crippen molar-refractivity contribution in [3.63, 3.8) is 0 Å². The molecule has 4 aliphatic carbocycles. The van der Waals surface area contributed by atoms with Gasteiger partial charge in [0, 0.05) is 0 Å². The molecule has 0 spiro atoms. The van der Waals surface area contributed by atoms with E-state index in [0.717, 1.165) is 54.9 Å². The highest BCUT2D eigenvalue weighted by Gasteiger charge is 2.59. The molecule has 9 atom stereocenters. The van der Waals surface area contributed by atoms with Crippen LogP contribution in [0.4, 0.5) is 0 Å². The standard InChI is InChI=1S/C27H44O2/c1-17(2)25(29)11-6-18(3)22-9-10-23-21-8-7-19-16-20(28)12-14-26(19,4)24(21)13-15-27(22,23)5/h7,18,20-25,28-29H,1,6,8-16H2,2-5H3/t18-,20+,21+,22-,23+,24+,25?,26+,27-/m1/s1. The fourth-order valence-corrected chi connectivity index (χ4v) is 8.49. The largest absolute Gasteiger partial charge is 0.393 e. The summed E-state index contributed by atoms with van der Waals surface area (Å²) < 4.78 is 0. The van der Waals surface area contributed by atoms with E-state index >= 15 is 0 Å². The van der Waals surface area contributed by atoms with E-state index in [1.807, 2.05) is 6.92 Å². The lowest BCUT2D eigenvalue weighted by molar-refractivity contribution is -0.0576. The Hall–Kier alpha value is -0.600. The highest BCUT2D eigenvalue weighted by molar-refractivity contribution is 5.25. The lowest BCUT2D eigenvalue weighted by Crippen LogP contribution is -2.50. The van der Waals surface area contributed by atoms with E-state index in [-0.39, 0.29) is 12.2 Å². The average Bonchev–Trinajstić information content (AvgIpc) is 3.03. The Labute approximate surface area is 178 Å². The Morgan fingerprint density at radius 2 is 1.90 bits per heavy atom. The summed E-state index contributed by atoms with van der Waals surface area (Å²) in [5.41, 5.74) is 3.31. The van der Waals surface area contributed by atoms with Gasteiger partial charge >= 0.3 is 0 Å². The molecule has 4 rings (SSSR count). The summed E-state index contributed by atoms with van der Waals surface area (Å²) in [7, 11) is 0. The molecule has 0 aromatic rings. The van der Waals surface area contributed by atoms with Crippen molar-refractivity contribution in [2.24, 2.45) is 40.4 Å². The fraction of sp³-hybridized carbons (Fsp3) is 0.852. The van der Waals surface area contributed by atoms with E-state index in [4.69, 9.17) is 0 Å². The molecule has 0 aromatic carbocycles. The molecule has 0 radical (unpaired) electrons. The van der Waals surface area contributed by atoms with Crippen LogP contribution in [-0.4, -0.2) is 22.4 Å². The van der Waals surface area contributed by atoms with Crippen molar-refractivity contribution in [3.05, 3.63) is 23.8 Å².